The highest BCUT2D eigenvalue weighted by molar-refractivity contribution is 6.03. The summed E-state index contributed by atoms with van der Waals surface area (Å²) in [6, 6.07) is 9.70. The molecule has 1 fully saturated rings. The number of carbonyl (C=O) groups excluding carboxylic acids is 1. The largest absolute Gasteiger partial charge is 0.378 e. The predicted molar refractivity (Wildman–Crippen MR) is 112 cm³/mol. The molecular weight excluding hydrogens is 366 g/mol. The van der Waals surface area contributed by atoms with Crippen molar-refractivity contribution in [3.8, 4) is 11.1 Å². The fourth-order valence-corrected chi connectivity index (χ4v) is 3.35. The molecule has 0 radical (unpaired) electrons. The van der Waals surface area contributed by atoms with E-state index in [1.807, 2.05) is 44.4 Å². The molecule has 1 aromatic carbocycles. The summed E-state index contributed by atoms with van der Waals surface area (Å²) in [5.41, 5.74) is 6.12. The Hall–Kier alpha value is -3.32. The van der Waals surface area contributed by atoms with E-state index in [1.165, 1.54) is 0 Å². The highest BCUT2D eigenvalue weighted by atomic mass is 16.5. The Balaban J connectivity index is 1.59. The van der Waals surface area contributed by atoms with Crippen LogP contribution in [0.25, 0.3) is 11.1 Å². The normalized spacial score (nSPS) is 13.9. The van der Waals surface area contributed by atoms with Crippen LogP contribution in [-0.4, -0.2) is 47.4 Å². The lowest BCUT2D eigenvalue weighted by atomic mass is 10.0. The summed E-state index contributed by atoms with van der Waals surface area (Å²) in [6.45, 7) is 7.10. The minimum Gasteiger partial charge on any atom is -0.378 e. The molecule has 0 saturated carbocycles. The predicted octanol–water partition coefficient (Wildman–Crippen LogP) is 3.24. The SMILES string of the molecule is Cc1cnnc(C(=O)Nc2ccc(C)c(-c3cncc(N4CCOCC4)c3)c2)c1. The van der Waals surface area contributed by atoms with Crippen molar-refractivity contribution in [2.45, 2.75) is 13.8 Å². The molecule has 0 unspecified atom stereocenters. The Morgan fingerprint density at radius 3 is 2.69 bits per heavy atom. The van der Waals surface area contributed by atoms with Crippen molar-refractivity contribution in [3.63, 3.8) is 0 Å². The molecule has 0 atom stereocenters. The van der Waals surface area contributed by atoms with Crippen LogP contribution in [-0.2, 0) is 4.74 Å². The van der Waals surface area contributed by atoms with E-state index in [4.69, 9.17) is 4.74 Å². The minimum absolute atomic E-state index is 0.281. The molecular formula is C22H23N5O2. The van der Waals surface area contributed by atoms with Gasteiger partial charge in [0.15, 0.2) is 5.69 Å². The van der Waals surface area contributed by atoms with Crippen LogP contribution >= 0.6 is 0 Å². The number of amides is 1. The standard InChI is InChI=1S/C22H23N5O2/c1-15-9-21(26-24-12-15)22(28)25-18-4-3-16(2)20(11-18)17-10-19(14-23-13-17)27-5-7-29-8-6-27/h3-4,9-14H,5-8H2,1-2H3,(H,25,28). The molecule has 0 bridgehead atoms. The molecule has 148 valence electrons. The van der Waals surface area contributed by atoms with Crippen LogP contribution in [0.2, 0.25) is 0 Å². The lowest BCUT2D eigenvalue weighted by Gasteiger charge is -2.28. The van der Waals surface area contributed by atoms with Crippen LogP contribution in [0, 0.1) is 13.8 Å². The molecule has 7 nitrogen and oxygen atoms in total. The van der Waals surface area contributed by atoms with Gasteiger partial charge in [-0.2, -0.15) is 5.10 Å². The van der Waals surface area contributed by atoms with Crippen molar-refractivity contribution in [3.05, 3.63) is 65.7 Å². The first-order valence-corrected chi connectivity index (χ1v) is 9.59. The third-order valence-electron chi connectivity index (χ3n) is 4.93. The van der Waals surface area contributed by atoms with Crippen LogP contribution in [0.15, 0.2) is 48.9 Å². The van der Waals surface area contributed by atoms with Crippen molar-refractivity contribution >= 4 is 17.3 Å². The first kappa shape index (κ1) is 19.0. The molecule has 1 amide bonds. The minimum atomic E-state index is -0.281. The van der Waals surface area contributed by atoms with E-state index in [-0.39, 0.29) is 5.91 Å². The summed E-state index contributed by atoms with van der Waals surface area (Å²) >= 11 is 0. The van der Waals surface area contributed by atoms with Crippen molar-refractivity contribution in [1.29, 1.82) is 0 Å². The maximum absolute atomic E-state index is 12.5. The molecule has 0 spiro atoms. The topological polar surface area (TPSA) is 80.2 Å². The van der Waals surface area contributed by atoms with Gasteiger partial charge in [-0.1, -0.05) is 6.07 Å². The third-order valence-corrected chi connectivity index (χ3v) is 4.93. The second-order valence-electron chi connectivity index (χ2n) is 7.13. The molecule has 3 heterocycles. The zero-order valence-electron chi connectivity index (χ0n) is 16.6. The van der Waals surface area contributed by atoms with Crippen molar-refractivity contribution in [2.75, 3.05) is 36.5 Å². The zero-order chi connectivity index (χ0) is 20.2. The van der Waals surface area contributed by atoms with E-state index in [0.717, 1.165) is 54.2 Å². The number of anilines is 2. The number of hydrogen-bond donors (Lipinski definition) is 1. The van der Waals surface area contributed by atoms with Crippen LogP contribution in [0.5, 0.6) is 0 Å². The number of benzene rings is 1. The lowest BCUT2D eigenvalue weighted by molar-refractivity contribution is 0.102. The highest BCUT2D eigenvalue weighted by Gasteiger charge is 2.14. The van der Waals surface area contributed by atoms with E-state index < -0.39 is 0 Å². The fraction of sp³-hybridized carbons (Fsp3) is 0.273. The highest BCUT2D eigenvalue weighted by Crippen LogP contribution is 2.29. The molecule has 3 aromatic rings. The average Bonchev–Trinajstić information content (AvgIpc) is 2.76. The van der Waals surface area contributed by atoms with Crippen molar-refractivity contribution < 1.29 is 9.53 Å². The van der Waals surface area contributed by atoms with E-state index in [1.54, 1.807) is 12.3 Å². The Morgan fingerprint density at radius 2 is 1.90 bits per heavy atom. The number of ether oxygens (including phenoxy) is 1. The van der Waals surface area contributed by atoms with Gasteiger partial charge in [0.25, 0.3) is 5.91 Å². The van der Waals surface area contributed by atoms with Crippen LogP contribution < -0.4 is 10.2 Å². The molecule has 29 heavy (non-hydrogen) atoms. The number of nitrogens with zero attached hydrogens (tertiary/aromatic N) is 4. The van der Waals surface area contributed by atoms with Gasteiger partial charge in [-0.05, 0) is 54.8 Å². The van der Waals surface area contributed by atoms with Crippen molar-refractivity contribution in [2.24, 2.45) is 0 Å². The summed E-state index contributed by atoms with van der Waals surface area (Å²) in [6.07, 6.45) is 5.35. The van der Waals surface area contributed by atoms with Crippen molar-refractivity contribution in [1.82, 2.24) is 15.2 Å². The number of pyridine rings is 1. The maximum atomic E-state index is 12.5. The van der Waals surface area contributed by atoms with Gasteiger partial charge in [0, 0.05) is 30.5 Å². The van der Waals surface area contributed by atoms with Gasteiger partial charge in [0.2, 0.25) is 0 Å². The van der Waals surface area contributed by atoms with Crippen LogP contribution in [0.4, 0.5) is 11.4 Å². The summed E-state index contributed by atoms with van der Waals surface area (Å²) in [5, 5.41) is 10.7. The summed E-state index contributed by atoms with van der Waals surface area (Å²) < 4.78 is 5.44. The first-order valence-electron chi connectivity index (χ1n) is 9.59. The number of aromatic nitrogens is 3. The lowest BCUT2D eigenvalue weighted by Crippen LogP contribution is -2.36. The maximum Gasteiger partial charge on any atom is 0.276 e. The monoisotopic (exact) mass is 389 g/mol. The van der Waals surface area contributed by atoms with Gasteiger partial charge in [-0.25, -0.2) is 0 Å². The zero-order valence-corrected chi connectivity index (χ0v) is 16.6. The van der Waals surface area contributed by atoms with Gasteiger partial charge in [-0.3, -0.25) is 9.78 Å². The number of aryl methyl sites for hydroxylation is 2. The average molecular weight is 389 g/mol. The summed E-state index contributed by atoms with van der Waals surface area (Å²) in [5.74, 6) is -0.281. The van der Waals surface area contributed by atoms with Gasteiger partial charge >= 0.3 is 0 Å². The molecule has 1 N–H and O–H groups in total. The van der Waals surface area contributed by atoms with E-state index in [0.29, 0.717) is 11.4 Å². The van der Waals surface area contributed by atoms with Gasteiger partial charge in [0.1, 0.15) is 0 Å². The van der Waals surface area contributed by atoms with Gasteiger partial charge in [-0.15, -0.1) is 5.10 Å². The number of nitrogens with one attached hydrogen (secondary N) is 1. The number of carbonyl (C=O) groups is 1. The molecule has 7 heteroatoms. The first-order chi connectivity index (χ1) is 14.1. The molecule has 4 rings (SSSR count). The Labute approximate surface area is 169 Å². The van der Waals surface area contributed by atoms with Gasteiger partial charge in [0.05, 0.1) is 31.3 Å². The summed E-state index contributed by atoms with van der Waals surface area (Å²) in [4.78, 5) is 19.2. The second kappa shape index (κ2) is 8.36. The van der Waals surface area contributed by atoms with E-state index in [9.17, 15) is 4.79 Å². The third kappa shape index (κ3) is 4.41. The molecule has 2 aromatic heterocycles. The Kier molecular flexibility index (Phi) is 5.48. The van der Waals surface area contributed by atoms with Crippen LogP contribution in [0.3, 0.4) is 0 Å². The second-order valence-corrected chi connectivity index (χ2v) is 7.13. The molecule has 1 aliphatic rings. The number of morpholine rings is 1. The van der Waals surface area contributed by atoms with E-state index in [2.05, 4.69) is 31.5 Å². The molecule has 1 aliphatic heterocycles. The molecule has 0 aliphatic carbocycles. The smallest absolute Gasteiger partial charge is 0.276 e. The van der Waals surface area contributed by atoms with Gasteiger partial charge < -0.3 is 15.0 Å². The quantitative estimate of drug-likeness (QED) is 0.738. The molecule has 1 saturated heterocycles. The van der Waals surface area contributed by atoms with Crippen LogP contribution in [0.1, 0.15) is 21.6 Å². The Bertz CT molecular complexity index is 1030. The number of rotatable bonds is 4. The fourth-order valence-electron chi connectivity index (χ4n) is 3.35. The Morgan fingerprint density at radius 1 is 1.07 bits per heavy atom. The van der Waals surface area contributed by atoms with E-state index >= 15 is 0 Å². The number of hydrogen-bond acceptors (Lipinski definition) is 6. The summed E-state index contributed by atoms with van der Waals surface area (Å²) in [7, 11) is 0.